The molecule has 0 fully saturated rings. The summed E-state index contributed by atoms with van der Waals surface area (Å²) in [7, 11) is 0. The molecule has 3 amide bonds. The van der Waals surface area contributed by atoms with Crippen molar-refractivity contribution >= 4 is 46.7 Å². The molecule has 1 aromatic heterocycles. The molecule has 0 saturated heterocycles. The highest BCUT2D eigenvalue weighted by molar-refractivity contribution is 7.16. The summed E-state index contributed by atoms with van der Waals surface area (Å²) in [5.74, 6) is -1.96. The lowest BCUT2D eigenvalue weighted by Crippen LogP contribution is -2.42. The van der Waals surface area contributed by atoms with Crippen LogP contribution in [0.3, 0.4) is 0 Å². The van der Waals surface area contributed by atoms with Crippen molar-refractivity contribution in [2.24, 2.45) is 11.5 Å². The van der Waals surface area contributed by atoms with Crippen molar-refractivity contribution in [3.05, 3.63) is 52.4 Å². The number of rotatable bonds is 7. The van der Waals surface area contributed by atoms with Gasteiger partial charge in [0, 0.05) is 20.9 Å². The van der Waals surface area contributed by atoms with Crippen molar-refractivity contribution < 1.29 is 14.4 Å². The number of amides is 3. The first-order chi connectivity index (χ1) is 11.8. The van der Waals surface area contributed by atoms with Gasteiger partial charge in [-0.2, -0.15) is 0 Å². The quantitative estimate of drug-likeness (QED) is 0.719. The molecule has 0 aliphatic heterocycles. The Morgan fingerprint density at radius 1 is 1.08 bits per heavy atom. The van der Waals surface area contributed by atoms with Crippen LogP contribution in [0.25, 0.3) is 16.5 Å². The second-order valence-corrected chi connectivity index (χ2v) is 6.72. The number of nitrogens with two attached hydrogens (primary N) is 2. The van der Waals surface area contributed by atoms with Gasteiger partial charge in [-0.05, 0) is 35.9 Å². The van der Waals surface area contributed by atoms with Gasteiger partial charge >= 0.3 is 0 Å². The minimum Gasteiger partial charge on any atom is -0.368 e. The van der Waals surface area contributed by atoms with Gasteiger partial charge in [0.25, 0.3) is 0 Å². The van der Waals surface area contributed by atoms with Crippen molar-refractivity contribution in [2.45, 2.75) is 0 Å². The molecule has 1 heterocycles. The number of thiophene rings is 1. The summed E-state index contributed by atoms with van der Waals surface area (Å²) >= 11 is 7.46. The molecule has 0 bridgehead atoms. The predicted octanol–water partition coefficient (Wildman–Crippen LogP) is 1.88. The van der Waals surface area contributed by atoms with Crippen LogP contribution >= 0.6 is 22.9 Å². The van der Waals surface area contributed by atoms with Crippen LogP contribution in [0.5, 0.6) is 0 Å². The molecule has 0 unspecified atom stereocenters. The molecule has 4 N–H and O–H groups in total. The molecule has 0 aliphatic carbocycles. The van der Waals surface area contributed by atoms with Crippen LogP contribution in [0.15, 0.2) is 42.5 Å². The van der Waals surface area contributed by atoms with E-state index < -0.39 is 17.7 Å². The van der Waals surface area contributed by atoms with Crippen LogP contribution in [0, 0.1) is 0 Å². The third kappa shape index (κ3) is 5.74. The lowest BCUT2D eigenvalue weighted by atomic mass is 10.2. The molecule has 2 aromatic rings. The number of benzene rings is 1. The highest BCUT2D eigenvalue weighted by Gasteiger charge is 2.15. The molecular weight excluding hydrogens is 362 g/mol. The van der Waals surface area contributed by atoms with E-state index >= 15 is 0 Å². The number of carbonyl (C=O) groups excluding carboxylic acids is 3. The van der Waals surface area contributed by atoms with Gasteiger partial charge in [-0.25, -0.2) is 0 Å². The smallest absolute Gasteiger partial charge is 0.247 e. The van der Waals surface area contributed by atoms with E-state index in [2.05, 4.69) is 0 Å². The van der Waals surface area contributed by atoms with Crippen LogP contribution in [0.4, 0.5) is 0 Å². The van der Waals surface area contributed by atoms with Crippen molar-refractivity contribution in [3.63, 3.8) is 0 Å². The van der Waals surface area contributed by atoms with Crippen molar-refractivity contribution in [2.75, 3.05) is 13.1 Å². The summed E-state index contributed by atoms with van der Waals surface area (Å²) < 4.78 is 0. The average Bonchev–Trinajstić information content (AvgIpc) is 3.00. The van der Waals surface area contributed by atoms with E-state index in [-0.39, 0.29) is 13.1 Å². The van der Waals surface area contributed by atoms with E-state index in [0.717, 1.165) is 20.2 Å². The molecule has 0 aliphatic rings. The fraction of sp³-hybridized carbons (Fsp3) is 0.118. The predicted molar refractivity (Wildman–Crippen MR) is 98.8 cm³/mol. The SMILES string of the molecule is NC(=O)CN(CC(N)=O)C(=O)C=Cc1ccc(-c2cccc(Cl)c2)s1. The zero-order valence-corrected chi connectivity index (χ0v) is 14.7. The summed E-state index contributed by atoms with van der Waals surface area (Å²) in [4.78, 5) is 36.9. The molecule has 0 radical (unpaired) electrons. The molecule has 2 rings (SSSR count). The summed E-state index contributed by atoms with van der Waals surface area (Å²) in [5.41, 5.74) is 11.1. The molecule has 1 aromatic carbocycles. The Bertz CT molecular complexity index is 816. The van der Waals surface area contributed by atoms with Crippen LogP contribution in [0.2, 0.25) is 5.02 Å². The molecule has 130 valence electrons. The topological polar surface area (TPSA) is 106 Å². The lowest BCUT2D eigenvalue weighted by Gasteiger charge is -2.17. The number of carbonyl (C=O) groups is 3. The number of primary amides is 2. The summed E-state index contributed by atoms with van der Waals surface area (Å²) in [6.07, 6.45) is 2.88. The molecule has 25 heavy (non-hydrogen) atoms. The van der Waals surface area contributed by atoms with E-state index in [4.69, 9.17) is 23.1 Å². The molecule has 0 atom stereocenters. The Labute approximate surface area is 153 Å². The van der Waals surface area contributed by atoms with Crippen molar-refractivity contribution in [1.29, 1.82) is 0 Å². The van der Waals surface area contributed by atoms with Gasteiger partial charge in [0.2, 0.25) is 17.7 Å². The normalized spacial score (nSPS) is 10.8. The summed E-state index contributed by atoms with van der Waals surface area (Å²) in [6, 6.07) is 11.2. The third-order valence-corrected chi connectivity index (χ3v) is 4.47. The Hall–Kier alpha value is -2.64. The van der Waals surface area contributed by atoms with Crippen LogP contribution < -0.4 is 11.5 Å². The maximum atomic E-state index is 12.1. The summed E-state index contributed by atoms with van der Waals surface area (Å²) in [6.45, 7) is -0.741. The minimum absolute atomic E-state index is 0.371. The standard InChI is InChI=1S/C17H16ClN3O3S/c18-12-3-1-2-11(8-12)14-6-4-13(25-14)5-7-17(24)21(9-15(19)22)10-16(20)23/h1-8H,9-10H2,(H2,19,22)(H2,20,23). The Morgan fingerprint density at radius 2 is 1.76 bits per heavy atom. The van der Waals surface area contributed by atoms with E-state index in [9.17, 15) is 14.4 Å². The van der Waals surface area contributed by atoms with Crippen LogP contribution in [0.1, 0.15) is 4.88 Å². The zero-order chi connectivity index (χ0) is 18.4. The molecular formula is C17H16ClN3O3S. The number of nitrogens with zero attached hydrogens (tertiary/aromatic N) is 1. The van der Waals surface area contributed by atoms with Crippen molar-refractivity contribution in [1.82, 2.24) is 4.90 Å². The maximum absolute atomic E-state index is 12.1. The molecule has 8 heteroatoms. The maximum Gasteiger partial charge on any atom is 0.247 e. The number of halogens is 1. The Balaban J connectivity index is 2.11. The van der Waals surface area contributed by atoms with Crippen LogP contribution in [-0.4, -0.2) is 35.7 Å². The molecule has 0 saturated carbocycles. The fourth-order valence-electron chi connectivity index (χ4n) is 2.09. The van der Waals surface area contributed by atoms with E-state index in [1.807, 2.05) is 30.3 Å². The highest BCUT2D eigenvalue weighted by Crippen LogP contribution is 2.30. The minimum atomic E-state index is -0.720. The third-order valence-electron chi connectivity index (χ3n) is 3.13. The Morgan fingerprint density at radius 3 is 2.36 bits per heavy atom. The first-order valence-electron chi connectivity index (χ1n) is 7.24. The molecule has 0 spiro atoms. The fourth-order valence-corrected chi connectivity index (χ4v) is 3.18. The number of hydrogen-bond acceptors (Lipinski definition) is 4. The van der Waals surface area contributed by atoms with Gasteiger partial charge in [-0.15, -0.1) is 11.3 Å². The second-order valence-electron chi connectivity index (χ2n) is 5.17. The van der Waals surface area contributed by atoms with Gasteiger partial charge in [0.1, 0.15) is 13.1 Å². The first-order valence-corrected chi connectivity index (χ1v) is 8.44. The zero-order valence-electron chi connectivity index (χ0n) is 13.1. The lowest BCUT2D eigenvalue weighted by molar-refractivity contribution is -0.134. The van der Waals surface area contributed by atoms with Gasteiger partial charge in [-0.1, -0.05) is 23.7 Å². The van der Waals surface area contributed by atoms with E-state index in [0.29, 0.717) is 5.02 Å². The monoisotopic (exact) mass is 377 g/mol. The van der Waals surface area contributed by atoms with E-state index in [1.165, 1.54) is 17.4 Å². The van der Waals surface area contributed by atoms with Crippen LogP contribution in [-0.2, 0) is 14.4 Å². The largest absolute Gasteiger partial charge is 0.368 e. The van der Waals surface area contributed by atoms with Gasteiger partial charge in [0.05, 0.1) is 0 Å². The van der Waals surface area contributed by atoms with Gasteiger partial charge in [0.15, 0.2) is 0 Å². The number of hydrogen-bond donors (Lipinski definition) is 2. The second kappa shape index (κ2) is 8.46. The first kappa shape index (κ1) is 18.7. The Kier molecular flexibility index (Phi) is 6.32. The molecule has 6 nitrogen and oxygen atoms in total. The van der Waals surface area contributed by atoms with E-state index in [1.54, 1.807) is 12.1 Å². The average molecular weight is 378 g/mol. The highest BCUT2D eigenvalue weighted by atomic mass is 35.5. The van der Waals surface area contributed by atoms with Crippen molar-refractivity contribution in [3.8, 4) is 10.4 Å². The summed E-state index contributed by atoms with van der Waals surface area (Å²) in [5, 5.41) is 0.645. The van der Waals surface area contributed by atoms with Gasteiger partial charge in [-0.3, -0.25) is 14.4 Å². The van der Waals surface area contributed by atoms with Gasteiger partial charge < -0.3 is 16.4 Å².